The Morgan fingerprint density at radius 1 is 1.25 bits per heavy atom. The normalized spacial score (nSPS) is 20.4. The largest absolute Gasteiger partial charge is 0.322 e. The average molecular weight is 222 g/mol. The zero-order chi connectivity index (χ0) is 11.4. The van der Waals surface area contributed by atoms with E-state index in [1.807, 2.05) is 0 Å². The molecule has 0 spiro atoms. The highest BCUT2D eigenvalue weighted by atomic mass is 19.1. The van der Waals surface area contributed by atoms with Crippen molar-refractivity contribution in [2.75, 3.05) is 0 Å². The van der Waals surface area contributed by atoms with E-state index in [0.717, 1.165) is 12.8 Å². The molecule has 3 heteroatoms. The first-order valence-electron chi connectivity index (χ1n) is 6.15. The van der Waals surface area contributed by atoms with Crippen LogP contribution in [0.3, 0.4) is 0 Å². The molecule has 1 heterocycles. The monoisotopic (exact) mass is 222 g/mol. The molecule has 2 N–H and O–H groups in total. The smallest absolute Gasteiger partial charge is 0.146 e. The fourth-order valence-electron chi connectivity index (χ4n) is 2.54. The van der Waals surface area contributed by atoms with E-state index >= 15 is 0 Å². The number of hydrogen-bond donors (Lipinski definition) is 1. The minimum Gasteiger partial charge on any atom is -0.322 e. The van der Waals surface area contributed by atoms with Crippen molar-refractivity contribution in [2.45, 2.75) is 44.6 Å². The summed E-state index contributed by atoms with van der Waals surface area (Å²) in [6.45, 7) is 0. The van der Waals surface area contributed by atoms with Crippen molar-refractivity contribution in [1.82, 2.24) is 4.98 Å². The Bertz CT molecular complexity index is 332. The van der Waals surface area contributed by atoms with Crippen LogP contribution in [0.1, 0.15) is 50.3 Å². The van der Waals surface area contributed by atoms with Gasteiger partial charge >= 0.3 is 0 Å². The van der Waals surface area contributed by atoms with E-state index in [9.17, 15) is 4.39 Å². The Hall–Kier alpha value is -0.960. The maximum absolute atomic E-state index is 13.6. The van der Waals surface area contributed by atoms with Crippen molar-refractivity contribution >= 4 is 0 Å². The van der Waals surface area contributed by atoms with Gasteiger partial charge in [-0.2, -0.15) is 0 Å². The number of nitrogens with zero attached hydrogens (tertiary/aromatic N) is 1. The summed E-state index contributed by atoms with van der Waals surface area (Å²) < 4.78 is 13.6. The van der Waals surface area contributed by atoms with Gasteiger partial charge in [0.15, 0.2) is 0 Å². The molecule has 0 saturated heterocycles. The standard InChI is InChI=1S/C13H19FN2/c14-11-8-5-9-16-13(11)12(15)10-6-3-1-2-4-7-10/h5,8-10,12H,1-4,6-7,15H2. The topological polar surface area (TPSA) is 38.9 Å². The van der Waals surface area contributed by atoms with Gasteiger partial charge < -0.3 is 5.73 Å². The minimum atomic E-state index is -0.265. The molecule has 2 rings (SSSR count). The average Bonchev–Trinajstić information content (AvgIpc) is 2.57. The summed E-state index contributed by atoms with van der Waals surface area (Å²) in [7, 11) is 0. The lowest BCUT2D eigenvalue weighted by Gasteiger charge is -2.21. The van der Waals surface area contributed by atoms with Crippen LogP contribution in [-0.4, -0.2) is 4.98 Å². The van der Waals surface area contributed by atoms with Crippen LogP contribution < -0.4 is 5.73 Å². The van der Waals surface area contributed by atoms with Crippen molar-refractivity contribution in [2.24, 2.45) is 11.7 Å². The highest BCUT2D eigenvalue weighted by Crippen LogP contribution is 2.31. The number of halogens is 1. The molecule has 1 fully saturated rings. The fraction of sp³-hybridized carbons (Fsp3) is 0.615. The second-order valence-corrected chi connectivity index (χ2v) is 4.65. The van der Waals surface area contributed by atoms with Crippen molar-refractivity contribution in [3.05, 3.63) is 29.8 Å². The first-order valence-corrected chi connectivity index (χ1v) is 6.15. The van der Waals surface area contributed by atoms with E-state index in [2.05, 4.69) is 4.98 Å². The van der Waals surface area contributed by atoms with Gasteiger partial charge in [-0.1, -0.05) is 25.7 Å². The molecule has 0 aliphatic heterocycles. The maximum Gasteiger partial charge on any atom is 0.146 e. The van der Waals surface area contributed by atoms with Gasteiger partial charge in [-0.25, -0.2) is 4.39 Å². The van der Waals surface area contributed by atoms with Crippen LogP contribution in [0.15, 0.2) is 18.3 Å². The summed E-state index contributed by atoms with van der Waals surface area (Å²) in [6, 6.07) is 2.82. The molecule has 1 aromatic heterocycles. The Morgan fingerprint density at radius 3 is 2.56 bits per heavy atom. The predicted octanol–water partition coefficient (Wildman–Crippen LogP) is 3.19. The first kappa shape index (κ1) is 11.5. The third-order valence-corrected chi connectivity index (χ3v) is 3.51. The molecule has 0 amide bonds. The molecule has 1 aromatic rings. The van der Waals surface area contributed by atoms with Crippen molar-refractivity contribution in [3.63, 3.8) is 0 Å². The number of nitrogens with two attached hydrogens (primary N) is 1. The van der Waals surface area contributed by atoms with Crippen LogP contribution in [0, 0.1) is 11.7 Å². The fourth-order valence-corrected chi connectivity index (χ4v) is 2.54. The molecule has 0 aromatic carbocycles. The van der Waals surface area contributed by atoms with Gasteiger partial charge in [0.1, 0.15) is 5.82 Å². The molecular formula is C13H19FN2. The van der Waals surface area contributed by atoms with Crippen LogP contribution in [0.2, 0.25) is 0 Å². The highest BCUT2D eigenvalue weighted by Gasteiger charge is 2.23. The lowest BCUT2D eigenvalue weighted by atomic mass is 9.90. The highest BCUT2D eigenvalue weighted by molar-refractivity contribution is 5.12. The molecule has 1 saturated carbocycles. The minimum absolute atomic E-state index is 0.237. The molecule has 1 aliphatic rings. The van der Waals surface area contributed by atoms with Gasteiger partial charge in [-0.15, -0.1) is 0 Å². The molecule has 0 bridgehead atoms. The molecule has 1 unspecified atom stereocenters. The van der Waals surface area contributed by atoms with Gasteiger partial charge in [0.25, 0.3) is 0 Å². The summed E-state index contributed by atoms with van der Waals surface area (Å²) in [6.07, 6.45) is 8.84. The number of hydrogen-bond acceptors (Lipinski definition) is 2. The summed E-state index contributed by atoms with van der Waals surface area (Å²) >= 11 is 0. The van der Waals surface area contributed by atoms with Crippen molar-refractivity contribution < 1.29 is 4.39 Å². The van der Waals surface area contributed by atoms with Gasteiger partial charge in [0, 0.05) is 6.20 Å². The van der Waals surface area contributed by atoms with Crippen LogP contribution >= 0.6 is 0 Å². The summed E-state index contributed by atoms with van der Waals surface area (Å²) in [5, 5.41) is 0. The van der Waals surface area contributed by atoms with Crippen LogP contribution in [0.4, 0.5) is 4.39 Å². The van der Waals surface area contributed by atoms with Gasteiger partial charge in [-0.3, -0.25) is 4.98 Å². The van der Waals surface area contributed by atoms with Crippen LogP contribution in [0.25, 0.3) is 0 Å². The van der Waals surface area contributed by atoms with E-state index in [1.165, 1.54) is 31.7 Å². The zero-order valence-electron chi connectivity index (χ0n) is 9.53. The summed E-state index contributed by atoms with van der Waals surface area (Å²) in [5.74, 6) is 0.131. The van der Waals surface area contributed by atoms with Gasteiger partial charge in [-0.05, 0) is 30.9 Å². The lowest BCUT2D eigenvalue weighted by Crippen LogP contribution is -2.23. The molecular weight excluding hydrogens is 203 g/mol. The zero-order valence-corrected chi connectivity index (χ0v) is 9.53. The Balaban J connectivity index is 2.11. The first-order chi connectivity index (χ1) is 7.79. The molecule has 1 aliphatic carbocycles. The van der Waals surface area contributed by atoms with E-state index in [4.69, 9.17) is 5.73 Å². The molecule has 16 heavy (non-hydrogen) atoms. The Labute approximate surface area is 96.1 Å². The lowest BCUT2D eigenvalue weighted by molar-refractivity contribution is 0.366. The van der Waals surface area contributed by atoms with E-state index in [-0.39, 0.29) is 11.9 Å². The Kier molecular flexibility index (Phi) is 3.88. The number of aromatic nitrogens is 1. The maximum atomic E-state index is 13.6. The van der Waals surface area contributed by atoms with Gasteiger partial charge in [0.2, 0.25) is 0 Å². The molecule has 0 radical (unpaired) electrons. The molecule has 2 nitrogen and oxygen atoms in total. The Morgan fingerprint density at radius 2 is 1.94 bits per heavy atom. The second-order valence-electron chi connectivity index (χ2n) is 4.65. The van der Waals surface area contributed by atoms with E-state index < -0.39 is 0 Å². The van der Waals surface area contributed by atoms with Gasteiger partial charge in [0.05, 0.1) is 11.7 Å². The predicted molar refractivity (Wildman–Crippen MR) is 62.3 cm³/mol. The second kappa shape index (κ2) is 5.39. The SMILES string of the molecule is NC(c1ncccc1F)C1CCCCCC1. The summed E-state index contributed by atoms with van der Waals surface area (Å²) in [4.78, 5) is 4.08. The van der Waals surface area contributed by atoms with Crippen LogP contribution in [0.5, 0.6) is 0 Å². The quantitative estimate of drug-likeness (QED) is 0.780. The molecule has 88 valence electrons. The van der Waals surface area contributed by atoms with Crippen LogP contribution in [-0.2, 0) is 0 Å². The van der Waals surface area contributed by atoms with Crippen molar-refractivity contribution in [1.29, 1.82) is 0 Å². The third-order valence-electron chi connectivity index (χ3n) is 3.51. The van der Waals surface area contributed by atoms with E-state index in [1.54, 1.807) is 12.3 Å². The molecule has 1 atom stereocenters. The van der Waals surface area contributed by atoms with E-state index in [0.29, 0.717) is 11.6 Å². The number of rotatable bonds is 2. The summed E-state index contributed by atoms with van der Waals surface area (Å²) in [5.41, 5.74) is 6.58. The third kappa shape index (κ3) is 2.59. The number of pyridine rings is 1. The van der Waals surface area contributed by atoms with Crippen molar-refractivity contribution in [3.8, 4) is 0 Å².